The van der Waals surface area contributed by atoms with E-state index in [1.165, 1.54) is 6.07 Å². The molecule has 0 bridgehead atoms. The molecule has 0 aliphatic rings. The van der Waals surface area contributed by atoms with Crippen LogP contribution in [-0.2, 0) is 0 Å². The molecule has 0 heterocycles. The highest BCUT2D eigenvalue weighted by molar-refractivity contribution is 5.96. The molecule has 0 radical (unpaired) electrons. The van der Waals surface area contributed by atoms with Crippen LogP contribution in [0.25, 0.3) is 0 Å². The Labute approximate surface area is 110 Å². The molecule has 0 spiro atoms. The standard InChI is InChI=1S/C14H14N2O3/c1-18-10-3-5-11(6-4-10)19-13-8-9(15)2-7-12(13)14(16)17/h2-8H,15H2,1H3,(H2,16,17). The zero-order chi connectivity index (χ0) is 13.8. The van der Waals surface area contributed by atoms with Crippen molar-refractivity contribution >= 4 is 11.6 Å². The number of ether oxygens (including phenoxy) is 2. The number of amides is 1. The minimum absolute atomic E-state index is 0.282. The lowest BCUT2D eigenvalue weighted by molar-refractivity contribution is 0.0998. The summed E-state index contributed by atoms with van der Waals surface area (Å²) in [6, 6.07) is 11.7. The molecule has 2 rings (SSSR count). The second-order valence-corrected chi connectivity index (χ2v) is 3.90. The number of nitrogens with two attached hydrogens (primary N) is 2. The highest BCUT2D eigenvalue weighted by Gasteiger charge is 2.10. The summed E-state index contributed by atoms with van der Waals surface area (Å²) in [6.07, 6.45) is 0. The molecule has 0 aliphatic heterocycles. The molecule has 0 saturated heterocycles. The lowest BCUT2D eigenvalue weighted by atomic mass is 10.1. The summed E-state index contributed by atoms with van der Waals surface area (Å²) in [6.45, 7) is 0. The second kappa shape index (κ2) is 5.30. The average Bonchev–Trinajstić information content (AvgIpc) is 2.39. The normalized spacial score (nSPS) is 9.95. The van der Waals surface area contributed by atoms with Crippen LogP contribution >= 0.6 is 0 Å². The second-order valence-electron chi connectivity index (χ2n) is 3.90. The van der Waals surface area contributed by atoms with Crippen molar-refractivity contribution < 1.29 is 14.3 Å². The number of hydrogen-bond donors (Lipinski definition) is 2. The molecule has 0 aromatic heterocycles. The van der Waals surface area contributed by atoms with Crippen molar-refractivity contribution in [3.63, 3.8) is 0 Å². The molecule has 5 heteroatoms. The highest BCUT2D eigenvalue weighted by atomic mass is 16.5. The van der Waals surface area contributed by atoms with Crippen molar-refractivity contribution in [1.29, 1.82) is 0 Å². The molecule has 2 aromatic carbocycles. The van der Waals surface area contributed by atoms with Crippen LogP contribution in [0.3, 0.4) is 0 Å². The molecule has 5 nitrogen and oxygen atoms in total. The number of carbonyl (C=O) groups is 1. The molecular weight excluding hydrogens is 244 g/mol. The van der Waals surface area contributed by atoms with Crippen LogP contribution in [0.5, 0.6) is 17.2 Å². The zero-order valence-electron chi connectivity index (χ0n) is 10.4. The Balaban J connectivity index is 2.31. The Bertz CT molecular complexity index is 594. The van der Waals surface area contributed by atoms with Gasteiger partial charge in [0, 0.05) is 11.8 Å². The fraction of sp³-hybridized carbons (Fsp3) is 0.0714. The zero-order valence-corrected chi connectivity index (χ0v) is 10.4. The van der Waals surface area contributed by atoms with Gasteiger partial charge in [-0.15, -0.1) is 0 Å². The highest BCUT2D eigenvalue weighted by Crippen LogP contribution is 2.28. The van der Waals surface area contributed by atoms with Gasteiger partial charge in [-0.1, -0.05) is 0 Å². The molecule has 4 N–H and O–H groups in total. The van der Waals surface area contributed by atoms with E-state index in [0.717, 1.165) is 5.75 Å². The number of anilines is 1. The molecule has 0 fully saturated rings. The smallest absolute Gasteiger partial charge is 0.252 e. The van der Waals surface area contributed by atoms with E-state index in [0.29, 0.717) is 17.2 Å². The van der Waals surface area contributed by atoms with Crippen LogP contribution in [0.4, 0.5) is 5.69 Å². The summed E-state index contributed by atoms with van der Waals surface area (Å²) in [7, 11) is 1.58. The summed E-state index contributed by atoms with van der Waals surface area (Å²) < 4.78 is 10.7. The van der Waals surface area contributed by atoms with Crippen LogP contribution < -0.4 is 20.9 Å². The van der Waals surface area contributed by atoms with Crippen molar-refractivity contribution in [2.24, 2.45) is 5.73 Å². The van der Waals surface area contributed by atoms with E-state index in [-0.39, 0.29) is 5.56 Å². The van der Waals surface area contributed by atoms with Crippen LogP contribution in [0.15, 0.2) is 42.5 Å². The Kier molecular flexibility index (Phi) is 3.56. The number of hydrogen-bond acceptors (Lipinski definition) is 4. The van der Waals surface area contributed by atoms with E-state index < -0.39 is 5.91 Å². The molecular formula is C14H14N2O3. The van der Waals surface area contributed by atoms with E-state index in [1.807, 2.05) is 0 Å². The number of carbonyl (C=O) groups excluding carboxylic acids is 1. The molecule has 0 atom stereocenters. The quantitative estimate of drug-likeness (QED) is 0.823. The Hall–Kier alpha value is -2.69. The monoisotopic (exact) mass is 258 g/mol. The largest absolute Gasteiger partial charge is 0.497 e. The number of primary amides is 1. The molecule has 19 heavy (non-hydrogen) atoms. The third kappa shape index (κ3) is 2.95. The van der Waals surface area contributed by atoms with Crippen LogP contribution in [-0.4, -0.2) is 13.0 Å². The van der Waals surface area contributed by atoms with Crippen LogP contribution in [0.1, 0.15) is 10.4 Å². The van der Waals surface area contributed by atoms with Crippen LogP contribution in [0, 0.1) is 0 Å². The third-order valence-electron chi connectivity index (χ3n) is 2.56. The fourth-order valence-electron chi connectivity index (χ4n) is 1.60. The van der Waals surface area contributed by atoms with Gasteiger partial charge < -0.3 is 20.9 Å². The van der Waals surface area contributed by atoms with E-state index in [1.54, 1.807) is 43.5 Å². The van der Waals surface area contributed by atoms with Crippen molar-refractivity contribution in [1.82, 2.24) is 0 Å². The van der Waals surface area contributed by atoms with Gasteiger partial charge in [0.1, 0.15) is 17.2 Å². The number of methoxy groups -OCH3 is 1. The molecule has 0 unspecified atom stereocenters. The molecule has 2 aromatic rings. The predicted molar refractivity (Wildman–Crippen MR) is 72.4 cm³/mol. The van der Waals surface area contributed by atoms with Crippen molar-refractivity contribution in [2.75, 3.05) is 12.8 Å². The molecule has 0 aliphatic carbocycles. The van der Waals surface area contributed by atoms with Crippen molar-refractivity contribution in [3.8, 4) is 17.2 Å². The predicted octanol–water partition coefficient (Wildman–Crippen LogP) is 2.17. The minimum Gasteiger partial charge on any atom is -0.497 e. The topological polar surface area (TPSA) is 87.6 Å². The first-order valence-corrected chi connectivity index (χ1v) is 5.61. The van der Waals surface area contributed by atoms with Gasteiger partial charge >= 0.3 is 0 Å². The van der Waals surface area contributed by atoms with Crippen molar-refractivity contribution in [3.05, 3.63) is 48.0 Å². The average molecular weight is 258 g/mol. The number of benzene rings is 2. The van der Waals surface area contributed by atoms with Crippen molar-refractivity contribution in [2.45, 2.75) is 0 Å². The summed E-state index contributed by atoms with van der Waals surface area (Å²) in [4.78, 5) is 11.3. The summed E-state index contributed by atoms with van der Waals surface area (Å²) in [5.41, 5.74) is 11.7. The molecule has 0 saturated carbocycles. The lowest BCUT2D eigenvalue weighted by Crippen LogP contribution is -2.12. The minimum atomic E-state index is -0.566. The number of nitrogen functional groups attached to an aromatic ring is 1. The maximum absolute atomic E-state index is 11.3. The summed E-state index contributed by atoms with van der Waals surface area (Å²) >= 11 is 0. The fourth-order valence-corrected chi connectivity index (χ4v) is 1.60. The van der Waals surface area contributed by atoms with Gasteiger partial charge in [0.25, 0.3) is 5.91 Å². The van der Waals surface area contributed by atoms with E-state index in [9.17, 15) is 4.79 Å². The van der Waals surface area contributed by atoms with Gasteiger partial charge in [0.2, 0.25) is 0 Å². The van der Waals surface area contributed by atoms with Gasteiger partial charge in [0.15, 0.2) is 0 Å². The van der Waals surface area contributed by atoms with Gasteiger partial charge in [-0.3, -0.25) is 4.79 Å². The SMILES string of the molecule is COc1ccc(Oc2cc(N)ccc2C(N)=O)cc1. The Morgan fingerprint density at radius 2 is 1.68 bits per heavy atom. The van der Waals surface area contributed by atoms with E-state index in [4.69, 9.17) is 20.9 Å². The summed E-state index contributed by atoms with van der Waals surface area (Å²) in [5, 5.41) is 0. The van der Waals surface area contributed by atoms with E-state index in [2.05, 4.69) is 0 Å². The Morgan fingerprint density at radius 3 is 2.26 bits per heavy atom. The third-order valence-corrected chi connectivity index (χ3v) is 2.56. The maximum atomic E-state index is 11.3. The molecule has 98 valence electrons. The van der Waals surface area contributed by atoms with E-state index >= 15 is 0 Å². The number of rotatable bonds is 4. The van der Waals surface area contributed by atoms with Gasteiger partial charge in [-0.05, 0) is 36.4 Å². The van der Waals surface area contributed by atoms with Gasteiger partial charge in [-0.25, -0.2) is 0 Å². The van der Waals surface area contributed by atoms with Gasteiger partial charge in [-0.2, -0.15) is 0 Å². The van der Waals surface area contributed by atoms with Crippen LogP contribution in [0.2, 0.25) is 0 Å². The first kappa shape index (κ1) is 12.8. The first-order chi connectivity index (χ1) is 9.10. The molecule has 1 amide bonds. The maximum Gasteiger partial charge on any atom is 0.252 e. The summed E-state index contributed by atoms with van der Waals surface area (Å²) in [5.74, 6) is 1.05. The first-order valence-electron chi connectivity index (χ1n) is 5.61. The van der Waals surface area contributed by atoms with Gasteiger partial charge in [0.05, 0.1) is 12.7 Å². The lowest BCUT2D eigenvalue weighted by Gasteiger charge is -2.10. The Morgan fingerprint density at radius 1 is 1.05 bits per heavy atom.